The number of pyridine rings is 1. The predicted molar refractivity (Wildman–Crippen MR) is 30.4 cm³/mol. The van der Waals surface area contributed by atoms with Crippen LogP contribution in [0.2, 0.25) is 0 Å². The summed E-state index contributed by atoms with van der Waals surface area (Å²) in [6, 6.07) is 2.79. The highest BCUT2D eigenvalue weighted by molar-refractivity contribution is 5.21. The molecule has 1 aromatic heterocycles. The van der Waals surface area contributed by atoms with Crippen LogP contribution in [0.3, 0.4) is 0 Å². The van der Waals surface area contributed by atoms with Gasteiger partial charge in [0, 0.05) is 12.1 Å². The minimum Gasteiger partial charge on any atom is -0.425 e. The van der Waals surface area contributed by atoms with Crippen molar-refractivity contribution < 1.29 is 10.9 Å². The van der Waals surface area contributed by atoms with Crippen LogP contribution in [0.4, 0.5) is 5.69 Å². The van der Waals surface area contributed by atoms with Gasteiger partial charge in [-0.1, -0.05) is 0 Å². The fraction of sp³-hybridized carbons (Fsp3) is 0. The monoisotopic (exact) mass is 127 g/mol. The van der Waals surface area contributed by atoms with Crippen molar-refractivity contribution in [3.8, 4) is 0 Å². The Balaban J connectivity index is 3.34. The smallest absolute Gasteiger partial charge is 0.283 e. The van der Waals surface area contributed by atoms with Crippen LogP contribution in [0.15, 0.2) is 23.1 Å². The number of nitrogens with zero attached hydrogens (tertiary/aromatic N) is 1. The molecule has 0 aliphatic heterocycles. The first-order valence-corrected chi connectivity index (χ1v) is 2.44. The molecule has 48 valence electrons. The third-order valence-corrected chi connectivity index (χ3v) is 0.954. The molecule has 0 aromatic carbocycles. The summed E-state index contributed by atoms with van der Waals surface area (Å²) in [4.78, 5) is 10.5. The molecule has 4 heteroatoms. The van der Waals surface area contributed by atoms with Crippen molar-refractivity contribution in [2.75, 3.05) is 0 Å². The third-order valence-electron chi connectivity index (χ3n) is 0.954. The molecule has 0 radical (unpaired) electrons. The zero-order valence-electron chi connectivity index (χ0n) is 4.74. The molecule has 1 rings (SSSR count). The van der Waals surface area contributed by atoms with E-state index in [1.165, 1.54) is 18.3 Å². The Kier molecular flexibility index (Phi) is 1.24. The molecular weight excluding hydrogens is 120 g/mol. The van der Waals surface area contributed by atoms with E-state index in [-0.39, 0.29) is 0 Å². The average molecular weight is 127 g/mol. The molecule has 0 aliphatic carbocycles. The maximum absolute atomic E-state index is 10.5. The van der Waals surface area contributed by atoms with Gasteiger partial charge in [-0.15, -0.1) is 4.73 Å². The number of aromatic nitrogens is 1. The van der Waals surface area contributed by atoms with Gasteiger partial charge >= 0.3 is 0 Å². The van der Waals surface area contributed by atoms with Crippen LogP contribution in [-0.2, 0) is 0 Å². The van der Waals surface area contributed by atoms with E-state index in [0.29, 0.717) is 10.4 Å². The Morgan fingerprint density at radius 3 is 2.67 bits per heavy atom. The van der Waals surface area contributed by atoms with Crippen LogP contribution in [0, 0.1) is 0 Å². The zero-order valence-corrected chi connectivity index (χ0v) is 4.74. The van der Waals surface area contributed by atoms with E-state index < -0.39 is 5.56 Å². The van der Waals surface area contributed by atoms with Gasteiger partial charge in [0.25, 0.3) is 5.56 Å². The summed E-state index contributed by atoms with van der Waals surface area (Å²) in [5, 5.41) is 8.66. The van der Waals surface area contributed by atoms with E-state index in [1.54, 1.807) is 0 Å². The van der Waals surface area contributed by atoms with Gasteiger partial charge in [0.2, 0.25) is 0 Å². The van der Waals surface area contributed by atoms with Crippen LogP contribution < -0.4 is 11.3 Å². The highest BCUT2D eigenvalue weighted by Crippen LogP contribution is 1.88. The summed E-state index contributed by atoms with van der Waals surface area (Å²) >= 11 is 0. The van der Waals surface area contributed by atoms with Crippen LogP contribution in [0.25, 0.3) is 0 Å². The number of quaternary nitrogens is 1. The lowest BCUT2D eigenvalue weighted by atomic mass is 10.4. The van der Waals surface area contributed by atoms with Crippen molar-refractivity contribution in [2.24, 2.45) is 0 Å². The van der Waals surface area contributed by atoms with Crippen molar-refractivity contribution in [2.45, 2.75) is 0 Å². The van der Waals surface area contributed by atoms with Gasteiger partial charge in [-0.25, -0.2) is 0 Å². The lowest BCUT2D eigenvalue weighted by molar-refractivity contribution is -0.256. The Morgan fingerprint density at radius 2 is 2.22 bits per heavy atom. The van der Waals surface area contributed by atoms with Crippen molar-refractivity contribution in [1.29, 1.82) is 0 Å². The largest absolute Gasteiger partial charge is 0.425 e. The number of rotatable bonds is 0. The van der Waals surface area contributed by atoms with E-state index in [9.17, 15) is 4.79 Å². The first kappa shape index (κ1) is 5.84. The minimum absolute atomic E-state index is 0.442. The van der Waals surface area contributed by atoms with E-state index in [0.717, 1.165) is 0 Å². The Hall–Kier alpha value is -1.29. The normalized spacial score (nSPS) is 9.44. The van der Waals surface area contributed by atoms with Crippen molar-refractivity contribution in [1.82, 2.24) is 4.73 Å². The van der Waals surface area contributed by atoms with Gasteiger partial charge in [0.15, 0.2) is 0 Å². The van der Waals surface area contributed by atoms with E-state index >= 15 is 0 Å². The summed E-state index contributed by atoms with van der Waals surface area (Å²) in [7, 11) is 0. The first-order chi connectivity index (χ1) is 4.20. The third kappa shape index (κ3) is 1.09. The van der Waals surface area contributed by atoms with Gasteiger partial charge in [0.1, 0.15) is 11.9 Å². The number of hydrogen-bond donors (Lipinski definition) is 2. The van der Waals surface area contributed by atoms with Gasteiger partial charge in [-0.2, -0.15) is 0 Å². The molecule has 0 aliphatic rings. The summed E-state index contributed by atoms with van der Waals surface area (Å²) in [5.74, 6) is 0. The Labute approximate surface area is 51.1 Å². The fourth-order valence-corrected chi connectivity index (χ4v) is 0.518. The summed E-state index contributed by atoms with van der Waals surface area (Å²) in [5.41, 5.74) is 3.67. The molecule has 0 unspecified atom stereocenters. The van der Waals surface area contributed by atoms with E-state index in [1.807, 2.05) is 0 Å². The SMILES string of the molecule is [NH3+]c1ccc(=O)n(O)c1. The van der Waals surface area contributed by atoms with Crippen molar-refractivity contribution in [3.63, 3.8) is 0 Å². The molecule has 0 atom stereocenters. The van der Waals surface area contributed by atoms with Gasteiger partial charge in [-0.05, 0) is 0 Å². The number of hydrogen-bond acceptors (Lipinski definition) is 2. The lowest BCUT2D eigenvalue weighted by Crippen LogP contribution is -2.41. The fourth-order valence-electron chi connectivity index (χ4n) is 0.518. The van der Waals surface area contributed by atoms with Crippen LogP contribution in [0.1, 0.15) is 0 Å². The Bertz CT molecular complexity index is 266. The van der Waals surface area contributed by atoms with Crippen molar-refractivity contribution in [3.05, 3.63) is 28.7 Å². The summed E-state index contributed by atoms with van der Waals surface area (Å²) < 4.78 is 0.502. The van der Waals surface area contributed by atoms with Crippen LogP contribution in [0.5, 0.6) is 0 Å². The molecule has 0 amide bonds. The summed E-state index contributed by atoms with van der Waals surface area (Å²) in [6.45, 7) is 0. The second-order valence-corrected chi connectivity index (χ2v) is 1.72. The first-order valence-electron chi connectivity index (χ1n) is 2.44. The molecule has 1 heterocycles. The van der Waals surface area contributed by atoms with Gasteiger partial charge in [0.05, 0.1) is 0 Å². The van der Waals surface area contributed by atoms with Gasteiger partial charge in [-0.3, -0.25) is 4.79 Å². The second kappa shape index (κ2) is 1.91. The molecule has 0 saturated heterocycles. The zero-order chi connectivity index (χ0) is 6.85. The van der Waals surface area contributed by atoms with Gasteiger partial charge < -0.3 is 10.9 Å². The highest BCUT2D eigenvalue weighted by Gasteiger charge is 1.92. The maximum atomic E-state index is 10.5. The van der Waals surface area contributed by atoms with Crippen LogP contribution in [-0.4, -0.2) is 9.94 Å². The minimum atomic E-state index is -0.442. The quantitative estimate of drug-likeness (QED) is 0.437. The van der Waals surface area contributed by atoms with Crippen molar-refractivity contribution >= 4 is 5.69 Å². The molecule has 4 N–H and O–H groups in total. The second-order valence-electron chi connectivity index (χ2n) is 1.72. The molecule has 9 heavy (non-hydrogen) atoms. The van der Waals surface area contributed by atoms with Crippen LogP contribution >= 0.6 is 0 Å². The summed E-state index contributed by atoms with van der Waals surface area (Å²) in [6.07, 6.45) is 1.25. The Morgan fingerprint density at radius 1 is 1.56 bits per heavy atom. The molecule has 1 aromatic rings. The maximum Gasteiger partial charge on any atom is 0.283 e. The molecular formula is C5H7N2O2+. The lowest BCUT2D eigenvalue weighted by Gasteiger charge is -1.90. The van der Waals surface area contributed by atoms with E-state index in [4.69, 9.17) is 5.21 Å². The molecule has 0 bridgehead atoms. The standard InChI is InChI=1S/C5H6N2O2/c6-4-1-2-5(8)7(9)3-4/h1-3,9H,6H2/p+1. The molecule has 4 nitrogen and oxygen atoms in total. The predicted octanol–water partition coefficient (Wildman–Crippen LogP) is -1.04. The topological polar surface area (TPSA) is 69.9 Å². The van der Waals surface area contributed by atoms with E-state index in [2.05, 4.69) is 5.73 Å². The molecule has 0 saturated carbocycles. The molecule has 0 fully saturated rings. The highest BCUT2D eigenvalue weighted by atomic mass is 16.5. The average Bonchev–Trinajstić information content (AvgIpc) is 1.80. The molecule has 0 spiro atoms.